The lowest BCUT2D eigenvalue weighted by Crippen LogP contribution is -2.42. The van der Waals surface area contributed by atoms with E-state index in [1.807, 2.05) is 19.1 Å². The molecule has 0 fully saturated rings. The molecule has 1 aliphatic heterocycles. The number of aryl methyl sites for hydroxylation is 2. The Bertz CT molecular complexity index is 786. The molecule has 140 valence electrons. The van der Waals surface area contributed by atoms with Crippen LogP contribution in [0.3, 0.4) is 0 Å². The van der Waals surface area contributed by atoms with Gasteiger partial charge in [0.1, 0.15) is 11.6 Å². The molecule has 8 heteroatoms. The highest BCUT2D eigenvalue weighted by Gasteiger charge is 2.21. The number of benzene rings is 1. The minimum absolute atomic E-state index is 0.543. The topological polar surface area (TPSA) is 67.1 Å². The first-order chi connectivity index (χ1) is 12.6. The number of hydrogen-bond donors (Lipinski definition) is 2. The summed E-state index contributed by atoms with van der Waals surface area (Å²) < 4.78 is 2.22. The van der Waals surface area contributed by atoms with Gasteiger partial charge >= 0.3 is 0 Å². The fraction of sp³-hybridized carbons (Fsp3) is 0.500. The minimum Gasteiger partial charge on any atom is -0.356 e. The van der Waals surface area contributed by atoms with Gasteiger partial charge in [-0.25, -0.2) is 0 Å². The summed E-state index contributed by atoms with van der Waals surface area (Å²) in [7, 11) is 1.79. The molecule has 0 radical (unpaired) electrons. The van der Waals surface area contributed by atoms with Crippen LogP contribution in [0, 0.1) is 12.8 Å². The van der Waals surface area contributed by atoms with Crippen LogP contribution in [-0.4, -0.2) is 40.9 Å². The van der Waals surface area contributed by atoms with Crippen LogP contribution in [0.2, 0.25) is 10.0 Å². The Morgan fingerprint density at radius 1 is 1.31 bits per heavy atom. The molecule has 1 aromatic heterocycles. The monoisotopic (exact) mass is 394 g/mol. The predicted molar refractivity (Wildman–Crippen MR) is 106 cm³/mol. The number of aromatic nitrogens is 3. The van der Waals surface area contributed by atoms with Gasteiger partial charge in [0.15, 0.2) is 5.96 Å². The Kier molecular flexibility index (Phi) is 6.38. The van der Waals surface area contributed by atoms with Crippen molar-refractivity contribution in [1.82, 2.24) is 25.4 Å². The summed E-state index contributed by atoms with van der Waals surface area (Å²) in [5, 5.41) is 16.5. The van der Waals surface area contributed by atoms with Crippen molar-refractivity contribution >= 4 is 29.2 Å². The molecule has 1 unspecified atom stereocenters. The number of nitrogens with zero attached hydrogens (tertiary/aromatic N) is 4. The third-order valence-electron chi connectivity index (χ3n) is 4.71. The van der Waals surface area contributed by atoms with Crippen LogP contribution in [0.4, 0.5) is 0 Å². The number of hydrogen-bond acceptors (Lipinski definition) is 3. The van der Waals surface area contributed by atoms with Crippen molar-refractivity contribution in [3.05, 3.63) is 45.5 Å². The summed E-state index contributed by atoms with van der Waals surface area (Å²) >= 11 is 12.1. The van der Waals surface area contributed by atoms with E-state index < -0.39 is 0 Å². The zero-order valence-electron chi connectivity index (χ0n) is 15.1. The maximum atomic E-state index is 6.22. The lowest BCUT2D eigenvalue weighted by molar-refractivity contribution is 0.358. The fourth-order valence-corrected chi connectivity index (χ4v) is 3.70. The van der Waals surface area contributed by atoms with Crippen LogP contribution in [0.15, 0.2) is 23.2 Å². The molecule has 26 heavy (non-hydrogen) atoms. The summed E-state index contributed by atoms with van der Waals surface area (Å²) in [4.78, 5) is 4.30. The van der Waals surface area contributed by atoms with E-state index in [1.165, 1.54) is 0 Å². The van der Waals surface area contributed by atoms with Crippen LogP contribution < -0.4 is 10.6 Å². The Labute approximate surface area is 164 Å². The number of nitrogens with one attached hydrogen (secondary N) is 2. The van der Waals surface area contributed by atoms with Crippen molar-refractivity contribution in [3.63, 3.8) is 0 Å². The smallest absolute Gasteiger partial charge is 0.190 e. The number of guanidine groups is 1. The molecule has 6 nitrogen and oxygen atoms in total. The molecule has 0 spiro atoms. The summed E-state index contributed by atoms with van der Waals surface area (Å²) in [6, 6.07) is 5.60. The van der Waals surface area contributed by atoms with Crippen molar-refractivity contribution in [2.24, 2.45) is 10.9 Å². The Hall–Kier alpha value is -1.79. The standard InChI is InChI=1S/C18H24Cl2N6/c1-12-24-25-17-6-3-13(11-26(12)17)10-23-18(21-2)22-8-7-14-4-5-15(19)9-16(14)20/h4-5,9,13H,3,6-8,10-11H2,1-2H3,(H2,21,22,23). The van der Waals surface area contributed by atoms with Gasteiger partial charge in [0.05, 0.1) is 0 Å². The van der Waals surface area contributed by atoms with Gasteiger partial charge in [-0.2, -0.15) is 0 Å². The zero-order valence-corrected chi connectivity index (χ0v) is 16.6. The molecule has 2 heterocycles. The molecule has 2 N–H and O–H groups in total. The van der Waals surface area contributed by atoms with Gasteiger partial charge in [0.2, 0.25) is 0 Å². The second-order valence-corrected chi connectivity index (χ2v) is 7.39. The normalized spacial score (nSPS) is 17.1. The predicted octanol–water partition coefficient (Wildman–Crippen LogP) is 2.86. The van der Waals surface area contributed by atoms with Crippen LogP contribution in [0.1, 0.15) is 23.6 Å². The van der Waals surface area contributed by atoms with E-state index in [1.54, 1.807) is 13.1 Å². The van der Waals surface area contributed by atoms with Crippen molar-refractivity contribution < 1.29 is 0 Å². The number of rotatable bonds is 5. The molecule has 2 aromatic rings. The van der Waals surface area contributed by atoms with Crippen molar-refractivity contribution in [2.45, 2.75) is 32.7 Å². The number of halogens is 2. The van der Waals surface area contributed by atoms with Crippen LogP contribution in [0.25, 0.3) is 0 Å². The highest BCUT2D eigenvalue weighted by atomic mass is 35.5. The number of fused-ring (bicyclic) bond motifs is 1. The van der Waals surface area contributed by atoms with Crippen LogP contribution >= 0.6 is 23.2 Å². The first-order valence-corrected chi connectivity index (χ1v) is 9.59. The molecule has 0 aliphatic carbocycles. The van der Waals surface area contributed by atoms with E-state index in [0.717, 1.165) is 62.1 Å². The van der Waals surface area contributed by atoms with Crippen LogP contribution in [-0.2, 0) is 19.4 Å². The van der Waals surface area contributed by atoms with E-state index in [4.69, 9.17) is 23.2 Å². The lowest BCUT2D eigenvalue weighted by Gasteiger charge is -2.25. The molecular formula is C18H24Cl2N6. The van der Waals surface area contributed by atoms with Crippen LogP contribution in [0.5, 0.6) is 0 Å². The molecule has 0 bridgehead atoms. The second kappa shape index (κ2) is 8.73. The molecule has 0 saturated heterocycles. The van der Waals surface area contributed by atoms with Gasteiger partial charge in [-0.15, -0.1) is 10.2 Å². The third-order valence-corrected chi connectivity index (χ3v) is 5.30. The molecule has 1 aliphatic rings. The maximum absolute atomic E-state index is 6.22. The SMILES string of the molecule is CN=C(NCCc1ccc(Cl)cc1Cl)NCC1CCc2nnc(C)n2C1. The molecule has 0 amide bonds. The van der Waals surface area contributed by atoms with E-state index in [0.29, 0.717) is 16.0 Å². The van der Waals surface area contributed by atoms with Gasteiger partial charge in [-0.3, -0.25) is 4.99 Å². The average Bonchev–Trinajstić information content (AvgIpc) is 3.00. The van der Waals surface area contributed by atoms with Gasteiger partial charge < -0.3 is 15.2 Å². The van der Waals surface area contributed by atoms with Gasteiger partial charge in [-0.05, 0) is 43.4 Å². The molecule has 1 atom stereocenters. The molecule has 0 saturated carbocycles. The third kappa shape index (κ3) is 4.68. The Balaban J connectivity index is 1.44. The van der Waals surface area contributed by atoms with Crippen molar-refractivity contribution in [3.8, 4) is 0 Å². The maximum Gasteiger partial charge on any atom is 0.190 e. The van der Waals surface area contributed by atoms with Gasteiger partial charge in [0.25, 0.3) is 0 Å². The first kappa shape index (κ1) is 19.0. The highest BCUT2D eigenvalue weighted by Crippen LogP contribution is 2.21. The summed E-state index contributed by atoms with van der Waals surface area (Å²) in [5.41, 5.74) is 1.07. The molecular weight excluding hydrogens is 371 g/mol. The minimum atomic E-state index is 0.543. The fourth-order valence-electron chi connectivity index (χ4n) is 3.20. The second-order valence-electron chi connectivity index (χ2n) is 6.54. The Morgan fingerprint density at radius 3 is 2.92 bits per heavy atom. The van der Waals surface area contributed by atoms with Gasteiger partial charge in [-0.1, -0.05) is 29.3 Å². The average molecular weight is 395 g/mol. The van der Waals surface area contributed by atoms with Crippen molar-refractivity contribution in [1.29, 1.82) is 0 Å². The highest BCUT2D eigenvalue weighted by molar-refractivity contribution is 6.35. The number of aliphatic imine (C=N–C) groups is 1. The summed E-state index contributed by atoms with van der Waals surface area (Å²) in [5.74, 6) is 3.44. The van der Waals surface area contributed by atoms with Gasteiger partial charge in [0, 0.05) is 43.1 Å². The van der Waals surface area contributed by atoms with E-state index in [-0.39, 0.29) is 0 Å². The summed E-state index contributed by atoms with van der Waals surface area (Å²) in [6.45, 7) is 4.59. The lowest BCUT2D eigenvalue weighted by atomic mass is 9.99. The summed E-state index contributed by atoms with van der Waals surface area (Å²) in [6.07, 6.45) is 2.90. The van der Waals surface area contributed by atoms with E-state index >= 15 is 0 Å². The van der Waals surface area contributed by atoms with Crippen molar-refractivity contribution in [2.75, 3.05) is 20.1 Å². The van der Waals surface area contributed by atoms with E-state index in [9.17, 15) is 0 Å². The zero-order chi connectivity index (χ0) is 18.5. The Morgan fingerprint density at radius 2 is 2.15 bits per heavy atom. The quantitative estimate of drug-likeness (QED) is 0.604. The molecule has 3 rings (SSSR count). The molecule has 1 aromatic carbocycles. The first-order valence-electron chi connectivity index (χ1n) is 8.84. The van der Waals surface area contributed by atoms with E-state index in [2.05, 4.69) is 30.4 Å². The largest absolute Gasteiger partial charge is 0.356 e.